The van der Waals surface area contributed by atoms with E-state index in [-0.39, 0.29) is 17.0 Å². The summed E-state index contributed by atoms with van der Waals surface area (Å²) >= 11 is 0. The summed E-state index contributed by atoms with van der Waals surface area (Å²) in [5.41, 5.74) is 11.9. The number of aromatic nitrogens is 1. The monoisotopic (exact) mass is 708 g/mol. The molecule has 0 spiro atoms. The van der Waals surface area contributed by atoms with Gasteiger partial charge in [-0.25, -0.2) is 26.4 Å². The number of isocyanates is 1. The van der Waals surface area contributed by atoms with Crippen LogP contribution in [0.5, 0.6) is 0 Å². The average Bonchev–Trinajstić information content (AvgIpc) is 3.31. The van der Waals surface area contributed by atoms with Crippen molar-refractivity contribution in [1.29, 1.82) is 0 Å². The molecule has 0 aliphatic heterocycles. The predicted molar refractivity (Wildman–Crippen MR) is 192 cm³/mol. The number of nitrogens with one attached hydrogen (secondary N) is 2. The topological polar surface area (TPSA) is 178 Å². The first-order valence-corrected chi connectivity index (χ1v) is 19.7. The van der Waals surface area contributed by atoms with Gasteiger partial charge in [0.25, 0.3) is 0 Å². The van der Waals surface area contributed by atoms with Gasteiger partial charge in [-0.1, -0.05) is 23.3 Å². The van der Waals surface area contributed by atoms with Crippen LogP contribution in [-0.2, 0) is 42.0 Å². The molecule has 4 rings (SSSR count). The number of hydrogen-bond acceptors (Lipinski definition) is 9. The lowest BCUT2D eigenvalue weighted by Crippen LogP contribution is -2.39. The molecule has 262 valence electrons. The number of alkyl carbamates (subject to hydrolysis) is 1. The lowest BCUT2D eigenvalue weighted by Gasteiger charge is -2.24. The van der Waals surface area contributed by atoms with E-state index in [1.54, 1.807) is 32.9 Å². The van der Waals surface area contributed by atoms with Gasteiger partial charge in [0, 0.05) is 35.2 Å². The van der Waals surface area contributed by atoms with Crippen LogP contribution in [0, 0.1) is 13.8 Å². The Morgan fingerprint density at radius 2 is 1.59 bits per heavy atom. The molecule has 49 heavy (non-hydrogen) atoms. The Kier molecular flexibility index (Phi) is 11.1. The van der Waals surface area contributed by atoms with Crippen molar-refractivity contribution in [2.24, 2.45) is 4.99 Å². The van der Waals surface area contributed by atoms with Crippen LogP contribution < -0.4 is 11.1 Å². The summed E-state index contributed by atoms with van der Waals surface area (Å²) in [6, 6.07) is 14.3. The quantitative estimate of drug-likeness (QED) is 0.0831. The molecule has 0 saturated carbocycles. The van der Waals surface area contributed by atoms with Crippen LogP contribution in [0.25, 0.3) is 22.2 Å². The van der Waals surface area contributed by atoms with Crippen LogP contribution in [0.4, 0.5) is 16.2 Å². The van der Waals surface area contributed by atoms with E-state index < -0.39 is 42.3 Å². The molecule has 4 aromatic rings. The fourth-order valence-corrected chi connectivity index (χ4v) is 9.18. The number of aryl methyl sites for hydroxylation is 4. The van der Waals surface area contributed by atoms with E-state index in [2.05, 4.69) is 33.5 Å². The molecule has 0 aliphatic rings. The third kappa shape index (κ3) is 9.59. The third-order valence-electron chi connectivity index (χ3n) is 8.00. The van der Waals surface area contributed by atoms with Gasteiger partial charge in [-0.2, -0.15) is 4.99 Å². The number of carbonyl (C=O) groups excluding carboxylic acids is 2. The maximum atomic E-state index is 13.0. The van der Waals surface area contributed by atoms with Gasteiger partial charge in [0.15, 0.2) is 19.7 Å². The number of aromatic amines is 1. The zero-order chi connectivity index (χ0) is 36.3. The zero-order valence-corrected chi connectivity index (χ0v) is 30.6. The maximum absolute atomic E-state index is 13.0. The van der Waals surface area contributed by atoms with Gasteiger partial charge in [-0.05, 0) is 120 Å². The summed E-state index contributed by atoms with van der Waals surface area (Å²) in [4.78, 5) is 30.7. The van der Waals surface area contributed by atoms with Crippen molar-refractivity contribution < 1.29 is 31.2 Å². The van der Waals surface area contributed by atoms with Crippen LogP contribution >= 0.6 is 0 Å². The molecular weight excluding hydrogens is 665 g/mol. The largest absolute Gasteiger partial charge is 0.444 e. The molecule has 1 unspecified atom stereocenters. The highest BCUT2D eigenvalue weighted by Crippen LogP contribution is 2.35. The summed E-state index contributed by atoms with van der Waals surface area (Å²) in [5.74, 6) is 0. The first-order valence-electron chi connectivity index (χ1n) is 15.9. The number of H-pyrrole nitrogens is 1. The van der Waals surface area contributed by atoms with E-state index in [1.807, 2.05) is 26.0 Å². The Hall–Kier alpha value is -4.45. The summed E-state index contributed by atoms with van der Waals surface area (Å²) in [7, 11) is -7.89. The molecule has 0 radical (unpaired) electrons. The minimum atomic E-state index is -3.95. The number of nitrogen functional groups attached to an aromatic ring is 1. The van der Waals surface area contributed by atoms with Crippen molar-refractivity contribution in [2.75, 3.05) is 18.2 Å². The number of nitrogens with two attached hydrogens (primary N) is 1. The Morgan fingerprint density at radius 3 is 2.18 bits per heavy atom. The van der Waals surface area contributed by atoms with Crippen molar-refractivity contribution in [3.63, 3.8) is 0 Å². The van der Waals surface area contributed by atoms with E-state index in [4.69, 9.17) is 10.5 Å². The summed E-state index contributed by atoms with van der Waals surface area (Å²) < 4.78 is 56.4. The van der Waals surface area contributed by atoms with Crippen LogP contribution in [0.3, 0.4) is 0 Å². The second kappa shape index (κ2) is 14.6. The van der Waals surface area contributed by atoms with Gasteiger partial charge >= 0.3 is 6.09 Å². The summed E-state index contributed by atoms with van der Waals surface area (Å²) in [6.45, 7) is 9.39. The van der Waals surface area contributed by atoms with Crippen LogP contribution in [-0.4, -0.2) is 58.1 Å². The van der Waals surface area contributed by atoms with Crippen molar-refractivity contribution >= 4 is 54.1 Å². The number of carbonyl (C=O) groups is 1. The molecule has 0 bridgehead atoms. The highest BCUT2D eigenvalue weighted by Gasteiger charge is 2.27. The Balaban J connectivity index is 1.70. The minimum absolute atomic E-state index is 0.128. The Bertz CT molecular complexity index is 2140. The molecule has 13 heteroatoms. The second-order valence-corrected chi connectivity index (χ2v) is 17.5. The van der Waals surface area contributed by atoms with Gasteiger partial charge in [0.1, 0.15) is 10.5 Å². The molecule has 1 atom stereocenters. The fraction of sp³-hybridized carbons (Fsp3) is 0.389. The number of aliphatic imine (C=N–C) groups is 1. The van der Waals surface area contributed by atoms with Crippen LogP contribution in [0.15, 0.2) is 63.3 Å². The number of amides is 1. The normalized spacial score (nSPS) is 12.8. The molecule has 0 saturated heterocycles. The zero-order valence-electron chi connectivity index (χ0n) is 28.9. The number of rotatable bonds is 12. The standard InChI is InChI=1S/C36H44N4O7S2/c1-22-17-23(2)19-25(18-22)32-28(29-20-27(38-21-41)13-16-31(29)40-32)14-12-26(39-35(42)47-36(3,4)5)10-8-9-24-11-15-30(37)34(49(7,45)46)33(24)48(6,43)44/h11,13,15-20,26,40H,8-10,12,14,37H2,1-7H3,(H,39,42). The van der Waals surface area contributed by atoms with E-state index in [0.29, 0.717) is 36.9 Å². The van der Waals surface area contributed by atoms with Crippen molar-refractivity contribution in [2.45, 2.75) is 88.2 Å². The highest BCUT2D eigenvalue weighted by atomic mass is 32.2. The number of hydrogen-bond donors (Lipinski definition) is 3. The average molecular weight is 709 g/mol. The first-order chi connectivity index (χ1) is 22.8. The van der Waals surface area contributed by atoms with E-state index in [9.17, 15) is 26.4 Å². The maximum Gasteiger partial charge on any atom is 0.407 e. The number of fused-ring (bicyclic) bond motifs is 1. The molecule has 4 N–H and O–H groups in total. The second-order valence-electron chi connectivity index (χ2n) is 13.6. The molecular formula is C36H44N4O7S2. The molecule has 0 fully saturated rings. The smallest absolute Gasteiger partial charge is 0.407 e. The van der Waals surface area contributed by atoms with Gasteiger partial charge in [-0.3, -0.25) is 0 Å². The SMILES string of the molecule is Cc1cc(C)cc(-c2[nH]c3ccc(N=C=O)cc3c2CCC(CCCc2ccc(N)c(S(C)(=O)=O)c2S(C)(=O)=O)NC(=O)OC(C)(C)C)c1. The van der Waals surface area contributed by atoms with Gasteiger partial charge in [0.05, 0.1) is 16.3 Å². The van der Waals surface area contributed by atoms with Crippen molar-refractivity contribution in [3.05, 3.63) is 70.8 Å². The van der Waals surface area contributed by atoms with Crippen molar-refractivity contribution in [3.8, 4) is 11.3 Å². The lowest BCUT2D eigenvalue weighted by molar-refractivity contribution is 0.0498. The predicted octanol–water partition coefficient (Wildman–Crippen LogP) is 6.66. The molecule has 11 nitrogen and oxygen atoms in total. The van der Waals surface area contributed by atoms with E-state index in [1.165, 1.54) is 12.1 Å². The van der Waals surface area contributed by atoms with E-state index in [0.717, 1.165) is 51.4 Å². The van der Waals surface area contributed by atoms with E-state index >= 15 is 0 Å². The van der Waals surface area contributed by atoms with Gasteiger partial charge < -0.3 is 20.8 Å². The lowest BCUT2D eigenvalue weighted by atomic mass is 9.95. The molecule has 1 heterocycles. The van der Waals surface area contributed by atoms with Gasteiger partial charge in [0.2, 0.25) is 6.08 Å². The number of anilines is 1. The van der Waals surface area contributed by atoms with Crippen LogP contribution in [0.2, 0.25) is 0 Å². The minimum Gasteiger partial charge on any atom is -0.444 e. The van der Waals surface area contributed by atoms with Crippen molar-refractivity contribution in [1.82, 2.24) is 10.3 Å². The summed E-state index contributed by atoms with van der Waals surface area (Å²) in [6.07, 6.45) is 5.01. The number of sulfone groups is 2. The van der Waals surface area contributed by atoms with Crippen LogP contribution in [0.1, 0.15) is 62.3 Å². The molecule has 1 aromatic heterocycles. The fourth-order valence-electron chi connectivity index (χ4n) is 6.21. The third-order valence-corrected chi connectivity index (χ3v) is 10.5. The number of nitrogens with zero attached hydrogens (tertiary/aromatic N) is 1. The number of ether oxygens (including phenoxy) is 1. The van der Waals surface area contributed by atoms with Gasteiger partial charge in [-0.15, -0.1) is 0 Å². The molecule has 0 aliphatic carbocycles. The summed E-state index contributed by atoms with van der Waals surface area (Å²) in [5, 5.41) is 3.88. The highest BCUT2D eigenvalue weighted by molar-refractivity contribution is 7.94. The molecule has 1 amide bonds. The molecule has 3 aromatic carbocycles. The first kappa shape index (κ1) is 37.4. The Labute approximate surface area is 288 Å². The Morgan fingerprint density at radius 1 is 0.939 bits per heavy atom. The number of benzene rings is 3.